The van der Waals surface area contributed by atoms with E-state index in [2.05, 4.69) is 6.07 Å². The molecule has 90 valence electrons. The summed E-state index contributed by atoms with van der Waals surface area (Å²) in [6, 6.07) is 9.44. The SMILES string of the molecule is CC1(/C=C/c2ccccc2C#N)CC=CC=C1F. The maximum Gasteiger partial charge on any atom is 0.110 e. The number of allylic oxidation sites excluding steroid dienone is 5. The van der Waals surface area contributed by atoms with Crippen molar-refractivity contribution in [3.05, 3.63) is 65.5 Å². The van der Waals surface area contributed by atoms with Crippen molar-refractivity contribution in [1.29, 1.82) is 5.26 Å². The van der Waals surface area contributed by atoms with Crippen LogP contribution in [0.2, 0.25) is 0 Å². The average molecular weight is 239 g/mol. The monoisotopic (exact) mass is 239 g/mol. The Kier molecular flexibility index (Phi) is 3.43. The highest BCUT2D eigenvalue weighted by molar-refractivity contribution is 5.59. The van der Waals surface area contributed by atoms with Gasteiger partial charge in [0.25, 0.3) is 0 Å². The van der Waals surface area contributed by atoms with Crippen LogP contribution in [-0.2, 0) is 0 Å². The summed E-state index contributed by atoms with van der Waals surface area (Å²) in [5.41, 5.74) is 0.828. The molecule has 0 saturated heterocycles. The zero-order valence-corrected chi connectivity index (χ0v) is 10.2. The van der Waals surface area contributed by atoms with Crippen molar-refractivity contribution in [3.63, 3.8) is 0 Å². The molecule has 0 N–H and O–H groups in total. The van der Waals surface area contributed by atoms with Crippen molar-refractivity contribution in [2.45, 2.75) is 13.3 Å². The molecule has 1 nitrogen and oxygen atoms in total. The molecule has 0 radical (unpaired) electrons. The van der Waals surface area contributed by atoms with Gasteiger partial charge in [-0.3, -0.25) is 0 Å². The number of benzene rings is 1. The van der Waals surface area contributed by atoms with Gasteiger partial charge in [-0.15, -0.1) is 0 Å². The van der Waals surface area contributed by atoms with Crippen molar-refractivity contribution in [3.8, 4) is 6.07 Å². The number of hydrogen-bond donors (Lipinski definition) is 0. The van der Waals surface area contributed by atoms with Gasteiger partial charge >= 0.3 is 0 Å². The van der Waals surface area contributed by atoms with E-state index in [1.165, 1.54) is 6.08 Å². The van der Waals surface area contributed by atoms with Gasteiger partial charge in [-0.05, 0) is 31.1 Å². The van der Waals surface area contributed by atoms with Crippen LogP contribution in [0.15, 0.2) is 54.4 Å². The summed E-state index contributed by atoms with van der Waals surface area (Å²) in [5, 5.41) is 8.99. The zero-order valence-electron chi connectivity index (χ0n) is 10.2. The Balaban J connectivity index is 2.29. The smallest absolute Gasteiger partial charge is 0.110 e. The van der Waals surface area contributed by atoms with Crippen LogP contribution in [0.3, 0.4) is 0 Å². The van der Waals surface area contributed by atoms with Crippen LogP contribution in [-0.4, -0.2) is 0 Å². The molecule has 1 aromatic carbocycles. The van der Waals surface area contributed by atoms with E-state index >= 15 is 0 Å². The summed E-state index contributed by atoms with van der Waals surface area (Å²) in [5.74, 6) is -0.143. The molecule has 1 atom stereocenters. The minimum absolute atomic E-state index is 0.143. The van der Waals surface area contributed by atoms with E-state index in [0.717, 1.165) is 5.56 Å². The Hall–Kier alpha value is -2.14. The fraction of sp³-hybridized carbons (Fsp3) is 0.188. The van der Waals surface area contributed by atoms with Crippen LogP contribution in [0.25, 0.3) is 6.08 Å². The first-order chi connectivity index (χ1) is 8.65. The number of nitrogens with zero attached hydrogens (tertiary/aromatic N) is 1. The summed E-state index contributed by atoms with van der Waals surface area (Å²) >= 11 is 0. The Labute approximate surface area is 107 Å². The van der Waals surface area contributed by atoms with E-state index in [1.54, 1.807) is 12.1 Å². The molecule has 2 heteroatoms. The van der Waals surface area contributed by atoms with Crippen molar-refractivity contribution >= 4 is 6.08 Å². The van der Waals surface area contributed by atoms with Gasteiger partial charge in [-0.2, -0.15) is 5.26 Å². The van der Waals surface area contributed by atoms with Crippen LogP contribution < -0.4 is 0 Å². The molecule has 0 bridgehead atoms. The summed E-state index contributed by atoms with van der Waals surface area (Å²) in [6.45, 7) is 1.85. The maximum absolute atomic E-state index is 13.8. The van der Waals surface area contributed by atoms with Gasteiger partial charge in [-0.25, -0.2) is 4.39 Å². The Morgan fingerprint density at radius 3 is 2.89 bits per heavy atom. The first-order valence-electron chi connectivity index (χ1n) is 5.87. The van der Waals surface area contributed by atoms with Crippen molar-refractivity contribution in [1.82, 2.24) is 0 Å². The highest BCUT2D eigenvalue weighted by Gasteiger charge is 2.26. The molecule has 0 heterocycles. The lowest BCUT2D eigenvalue weighted by atomic mass is 9.81. The lowest BCUT2D eigenvalue weighted by Crippen LogP contribution is -2.14. The van der Waals surface area contributed by atoms with Crippen LogP contribution in [0.5, 0.6) is 0 Å². The number of hydrogen-bond acceptors (Lipinski definition) is 1. The van der Waals surface area contributed by atoms with Gasteiger partial charge in [0, 0.05) is 5.41 Å². The van der Waals surface area contributed by atoms with Crippen LogP contribution in [0, 0.1) is 16.7 Å². The zero-order chi connectivity index (χ0) is 13.0. The number of nitriles is 1. The van der Waals surface area contributed by atoms with E-state index in [0.29, 0.717) is 12.0 Å². The Morgan fingerprint density at radius 2 is 2.17 bits per heavy atom. The van der Waals surface area contributed by atoms with Crippen LogP contribution in [0.4, 0.5) is 4.39 Å². The molecular formula is C16H14FN. The second kappa shape index (κ2) is 5.01. The molecule has 0 saturated carbocycles. The van der Waals surface area contributed by atoms with Gasteiger partial charge in [0.1, 0.15) is 5.83 Å². The largest absolute Gasteiger partial charge is 0.211 e. The third kappa shape index (κ3) is 2.41. The second-order valence-corrected chi connectivity index (χ2v) is 4.60. The molecular weight excluding hydrogens is 225 g/mol. The molecule has 18 heavy (non-hydrogen) atoms. The van der Waals surface area contributed by atoms with Crippen LogP contribution >= 0.6 is 0 Å². The molecule has 2 rings (SSSR count). The molecule has 1 aliphatic carbocycles. The van der Waals surface area contributed by atoms with E-state index in [-0.39, 0.29) is 5.83 Å². The molecule has 1 aliphatic rings. The normalized spacial score (nSPS) is 22.8. The fourth-order valence-corrected chi connectivity index (χ4v) is 1.92. The fourth-order valence-electron chi connectivity index (χ4n) is 1.92. The quantitative estimate of drug-likeness (QED) is 0.750. The minimum Gasteiger partial charge on any atom is -0.211 e. The van der Waals surface area contributed by atoms with Crippen LogP contribution in [0.1, 0.15) is 24.5 Å². The predicted molar refractivity (Wildman–Crippen MR) is 71.2 cm³/mol. The molecule has 0 fully saturated rings. The summed E-state index contributed by atoms with van der Waals surface area (Å²) in [6.07, 6.45) is 9.46. The topological polar surface area (TPSA) is 23.8 Å². The van der Waals surface area contributed by atoms with Crippen molar-refractivity contribution in [2.24, 2.45) is 5.41 Å². The van der Waals surface area contributed by atoms with Gasteiger partial charge in [0.15, 0.2) is 0 Å². The van der Waals surface area contributed by atoms with E-state index in [9.17, 15) is 4.39 Å². The Bertz CT molecular complexity index is 575. The van der Waals surface area contributed by atoms with Gasteiger partial charge in [0.05, 0.1) is 11.6 Å². The predicted octanol–water partition coefficient (Wildman–Crippen LogP) is 4.39. The first-order valence-corrected chi connectivity index (χ1v) is 5.87. The molecule has 1 aromatic rings. The van der Waals surface area contributed by atoms with Gasteiger partial charge < -0.3 is 0 Å². The summed E-state index contributed by atoms with van der Waals surface area (Å²) < 4.78 is 13.8. The third-order valence-corrected chi connectivity index (χ3v) is 3.18. The highest BCUT2D eigenvalue weighted by Crippen LogP contribution is 2.37. The lowest BCUT2D eigenvalue weighted by Gasteiger charge is -2.24. The minimum atomic E-state index is -0.600. The second-order valence-electron chi connectivity index (χ2n) is 4.60. The van der Waals surface area contributed by atoms with Gasteiger partial charge in [-0.1, -0.05) is 42.5 Å². The summed E-state index contributed by atoms with van der Waals surface area (Å²) in [7, 11) is 0. The molecule has 0 aliphatic heterocycles. The van der Waals surface area contributed by atoms with E-state index < -0.39 is 5.41 Å². The van der Waals surface area contributed by atoms with E-state index in [4.69, 9.17) is 5.26 Å². The van der Waals surface area contributed by atoms with E-state index in [1.807, 2.05) is 43.4 Å². The summed E-state index contributed by atoms with van der Waals surface area (Å²) in [4.78, 5) is 0. The molecule has 1 unspecified atom stereocenters. The molecule has 0 spiro atoms. The van der Waals surface area contributed by atoms with Gasteiger partial charge in [0.2, 0.25) is 0 Å². The Morgan fingerprint density at radius 1 is 1.39 bits per heavy atom. The molecule has 0 amide bonds. The first kappa shape index (κ1) is 12.3. The average Bonchev–Trinajstić information content (AvgIpc) is 2.40. The lowest BCUT2D eigenvalue weighted by molar-refractivity contribution is 0.395. The number of halogens is 1. The van der Waals surface area contributed by atoms with Crippen molar-refractivity contribution < 1.29 is 4.39 Å². The maximum atomic E-state index is 13.8. The third-order valence-electron chi connectivity index (χ3n) is 3.18. The van der Waals surface area contributed by atoms with Crippen molar-refractivity contribution in [2.75, 3.05) is 0 Å². The highest BCUT2D eigenvalue weighted by atomic mass is 19.1. The standard InChI is InChI=1S/C16H14FN/c1-16(10-5-4-8-15(16)17)11-9-13-6-2-3-7-14(13)12-18/h2-9,11H,10H2,1H3/b11-9+. The molecule has 0 aromatic heterocycles. The number of rotatable bonds is 2.